The number of halogens is 3. The van der Waals surface area contributed by atoms with Gasteiger partial charge in [0.05, 0.1) is 0 Å². The highest BCUT2D eigenvalue weighted by molar-refractivity contribution is 4.83. The summed E-state index contributed by atoms with van der Waals surface area (Å²) in [6.07, 6.45) is -6.61. The van der Waals surface area contributed by atoms with E-state index in [0.717, 1.165) is 0 Å². The molecule has 1 aromatic heterocycles. The quantitative estimate of drug-likeness (QED) is 0.729. The maximum atomic E-state index is 11.9. The van der Waals surface area contributed by atoms with E-state index in [0.29, 0.717) is 18.1 Å². The monoisotopic (exact) mass is 239 g/mol. The van der Waals surface area contributed by atoms with Gasteiger partial charge < -0.3 is 14.9 Å². The fourth-order valence-corrected chi connectivity index (χ4v) is 0.991. The van der Waals surface area contributed by atoms with Crippen LogP contribution in [0.4, 0.5) is 13.2 Å². The molecule has 8 heteroatoms. The van der Waals surface area contributed by atoms with E-state index in [1.54, 1.807) is 6.92 Å². The van der Waals surface area contributed by atoms with Gasteiger partial charge in [-0.2, -0.15) is 18.2 Å². The number of nitrogens with one attached hydrogen (secondary N) is 1. The zero-order valence-corrected chi connectivity index (χ0v) is 8.58. The van der Waals surface area contributed by atoms with Crippen LogP contribution >= 0.6 is 0 Å². The van der Waals surface area contributed by atoms with Gasteiger partial charge in [0.15, 0.2) is 11.9 Å². The Bertz CT molecular complexity index is 327. The lowest BCUT2D eigenvalue weighted by molar-refractivity contribution is -0.201. The minimum absolute atomic E-state index is 0.231. The molecule has 0 amide bonds. The molecule has 0 aromatic carbocycles. The van der Waals surface area contributed by atoms with Crippen LogP contribution < -0.4 is 5.32 Å². The van der Waals surface area contributed by atoms with Gasteiger partial charge >= 0.3 is 6.18 Å². The molecule has 5 nitrogen and oxygen atoms in total. The molecule has 0 fully saturated rings. The third kappa shape index (κ3) is 4.15. The maximum absolute atomic E-state index is 11.9. The predicted octanol–water partition coefficient (Wildman–Crippen LogP) is 0.433. The molecular weight excluding hydrogens is 227 g/mol. The Labute approximate surface area is 89.6 Å². The summed E-state index contributed by atoms with van der Waals surface area (Å²) in [7, 11) is 0. The van der Waals surface area contributed by atoms with E-state index in [4.69, 9.17) is 9.63 Å². The number of hydrogen-bond donors (Lipinski definition) is 2. The van der Waals surface area contributed by atoms with Gasteiger partial charge in [0.1, 0.15) is 0 Å². The topological polar surface area (TPSA) is 71.2 Å². The fraction of sp³-hybridized carbons (Fsp3) is 0.750. The molecule has 0 aliphatic carbocycles. The molecule has 2 N–H and O–H groups in total. The van der Waals surface area contributed by atoms with E-state index in [9.17, 15) is 13.2 Å². The molecule has 1 aromatic rings. The Morgan fingerprint density at radius 2 is 2.19 bits per heavy atom. The molecule has 1 unspecified atom stereocenters. The van der Waals surface area contributed by atoms with E-state index in [2.05, 4.69) is 15.5 Å². The highest BCUT2D eigenvalue weighted by atomic mass is 19.4. The van der Waals surface area contributed by atoms with Crippen LogP contribution in [0, 0.1) is 6.92 Å². The molecule has 0 saturated heterocycles. The zero-order valence-electron chi connectivity index (χ0n) is 8.58. The lowest BCUT2D eigenvalue weighted by Crippen LogP contribution is -2.39. The molecule has 0 saturated carbocycles. The van der Waals surface area contributed by atoms with Crippen LogP contribution in [0.5, 0.6) is 0 Å². The predicted molar refractivity (Wildman–Crippen MR) is 47.7 cm³/mol. The van der Waals surface area contributed by atoms with E-state index in [1.165, 1.54) is 0 Å². The van der Waals surface area contributed by atoms with E-state index < -0.39 is 18.8 Å². The van der Waals surface area contributed by atoms with Gasteiger partial charge in [-0.15, -0.1) is 0 Å². The van der Waals surface area contributed by atoms with Crippen molar-refractivity contribution in [1.29, 1.82) is 0 Å². The molecule has 0 aliphatic rings. The van der Waals surface area contributed by atoms with Crippen LogP contribution in [0.3, 0.4) is 0 Å². The lowest BCUT2D eigenvalue weighted by Gasteiger charge is -2.14. The second kappa shape index (κ2) is 5.26. The van der Waals surface area contributed by atoms with E-state index >= 15 is 0 Å². The minimum atomic E-state index is -4.59. The standard InChI is InChI=1S/C8H12F3N3O2/c1-5-13-7(16-14-5)2-3-12-4-6(15)8(9,10)11/h6,12,15H,2-4H2,1H3. The van der Waals surface area contributed by atoms with Crippen LogP contribution in [-0.2, 0) is 6.42 Å². The van der Waals surface area contributed by atoms with Crippen molar-refractivity contribution < 1.29 is 22.8 Å². The number of nitrogens with zero attached hydrogens (tertiary/aromatic N) is 2. The summed E-state index contributed by atoms with van der Waals surface area (Å²) in [5.41, 5.74) is 0. The first-order valence-electron chi connectivity index (χ1n) is 4.64. The molecule has 0 spiro atoms. The van der Waals surface area contributed by atoms with Crippen molar-refractivity contribution in [2.24, 2.45) is 0 Å². The van der Waals surface area contributed by atoms with Gasteiger partial charge in [0, 0.05) is 19.5 Å². The average Bonchev–Trinajstić information content (AvgIpc) is 2.57. The van der Waals surface area contributed by atoms with Crippen molar-refractivity contribution in [1.82, 2.24) is 15.5 Å². The lowest BCUT2D eigenvalue weighted by atomic mass is 10.3. The first-order chi connectivity index (χ1) is 7.39. The number of aliphatic hydroxyl groups excluding tert-OH is 1. The van der Waals surface area contributed by atoms with Gasteiger partial charge in [0.2, 0.25) is 5.89 Å². The SMILES string of the molecule is Cc1noc(CCNCC(O)C(F)(F)F)n1. The number of aryl methyl sites for hydroxylation is 1. The summed E-state index contributed by atoms with van der Waals surface area (Å²) in [5, 5.41) is 14.6. The Morgan fingerprint density at radius 3 is 2.69 bits per heavy atom. The smallest absolute Gasteiger partial charge is 0.382 e. The highest BCUT2D eigenvalue weighted by Gasteiger charge is 2.37. The van der Waals surface area contributed by atoms with Crippen molar-refractivity contribution in [2.45, 2.75) is 25.6 Å². The number of rotatable bonds is 5. The summed E-state index contributed by atoms with van der Waals surface area (Å²) in [5.74, 6) is 0.830. The average molecular weight is 239 g/mol. The molecule has 0 bridgehead atoms. The number of alkyl halides is 3. The van der Waals surface area contributed by atoms with Crippen molar-refractivity contribution in [3.8, 4) is 0 Å². The van der Waals surface area contributed by atoms with E-state index in [-0.39, 0.29) is 6.54 Å². The third-order valence-electron chi connectivity index (χ3n) is 1.80. The Hall–Kier alpha value is -1.15. The number of aromatic nitrogens is 2. The summed E-state index contributed by atoms with van der Waals surface area (Å²) in [6, 6.07) is 0. The van der Waals surface area contributed by atoms with Crippen LogP contribution in [0.15, 0.2) is 4.52 Å². The Morgan fingerprint density at radius 1 is 1.50 bits per heavy atom. The molecule has 92 valence electrons. The second-order valence-electron chi connectivity index (χ2n) is 3.25. The Kier molecular flexibility index (Phi) is 4.25. The molecule has 0 aliphatic heterocycles. The highest BCUT2D eigenvalue weighted by Crippen LogP contribution is 2.19. The summed E-state index contributed by atoms with van der Waals surface area (Å²) in [6.45, 7) is 1.33. The molecule has 1 rings (SSSR count). The van der Waals surface area contributed by atoms with Crippen LogP contribution in [0.25, 0.3) is 0 Å². The van der Waals surface area contributed by atoms with Crippen molar-refractivity contribution in [3.63, 3.8) is 0 Å². The van der Waals surface area contributed by atoms with Gasteiger partial charge in [-0.1, -0.05) is 5.16 Å². The second-order valence-corrected chi connectivity index (χ2v) is 3.25. The van der Waals surface area contributed by atoms with Crippen molar-refractivity contribution in [3.05, 3.63) is 11.7 Å². The number of aliphatic hydroxyl groups is 1. The van der Waals surface area contributed by atoms with Crippen molar-refractivity contribution in [2.75, 3.05) is 13.1 Å². The Balaban J connectivity index is 2.17. The van der Waals surface area contributed by atoms with Crippen LogP contribution in [-0.4, -0.2) is 40.6 Å². The molecular formula is C8H12F3N3O2. The largest absolute Gasteiger partial charge is 0.415 e. The van der Waals surface area contributed by atoms with Gasteiger partial charge in [-0.25, -0.2) is 0 Å². The van der Waals surface area contributed by atoms with Gasteiger partial charge in [-0.3, -0.25) is 0 Å². The van der Waals surface area contributed by atoms with E-state index in [1.807, 2.05) is 0 Å². The summed E-state index contributed by atoms with van der Waals surface area (Å²) < 4.78 is 40.4. The van der Waals surface area contributed by atoms with Crippen LogP contribution in [0.1, 0.15) is 11.7 Å². The molecule has 0 radical (unpaired) electrons. The summed E-state index contributed by atoms with van der Waals surface area (Å²) >= 11 is 0. The molecule has 1 atom stereocenters. The zero-order chi connectivity index (χ0) is 12.2. The summed E-state index contributed by atoms with van der Waals surface area (Å²) in [4.78, 5) is 3.87. The normalized spacial score (nSPS) is 14.1. The fourth-order valence-electron chi connectivity index (χ4n) is 0.991. The van der Waals surface area contributed by atoms with Crippen molar-refractivity contribution >= 4 is 0 Å². The van der Waals surface area contributed by atoms with Gasteiger partial charge in [0.25, 0.3) is 0 Å². The third-order valence-corrected chi connectivity index (χ3v) is 1.80. The van der Waals surface area contributed by atoms with Gasteiger partial charge in [-0.05, 0) is 6.92 Å². The molecule has 1 heterocycles. The van der Waals surface area contributed by atoms with Crippen LogP contribution in [0.2, 0.25) is 0 Å². The minimum Gasteiger partial charge on any atom is -0.382 e. The maximum Gasteiger partial charge on any atom is 0.415 e. The number of hydrogen-bond acceptors (Lipinski definition) is 5. The first kappa shape index (κ1) is 12.9. The molecule has 16 heavy (non-hydrogen) atoms. The first-order valence-corrected chi connectivity index (χ1v) is 4.64.